The minimum Gasteiger partial charge on any atom is -0.357 e. The van der Waals surface area contributed by atoms with Gasteiger partial charge in [-0.1, -0.05) is 30.3 Å². The highest BCUT2D eigenvalue weighted by molar-refractivity contribution is 6.01. The van der Waals surface area contributed by atoms with Gasteiger partial charge in [0.1, 0.15) is 5.84 Å². The molecule has 0 heterocycles. The van der Waals surface area contributed by atoms with Gasteiger partial charge in [-0.3, -0.25) is 4.79 Å². The molecule has 0 saturated heterocycles. The summed E-state index contributed by atoms with van der Waals surface area (Å²) in [6, 6.07) is 9.75. The molecule has 1 amide bonds. The predicted octanol–water partition coefficient (Wildman–Crippen LogP) is 1.93. The fourth-order valence-electron chi connectivity index (χ4n) is 1.50. The van der Waals surface area contributed by atoms with Gasteiger partial charge in [0.2, 0.25) is 6.41 Å². The highest BCUT2D eigenvalue weighted by Gasteiger charge is 2.08. The summed E-state index contributed by atoms with van der Waals surface area (Å²) in [6.07, 6.45) is 0.598. The predicted molar refractivity (Wildman–Crippen MR) is 62.0 cm³/mol. The van der Waals surface area contributed by atoms with E-state index in [0.717, 1.165) is 24.5 Å². The van der Waals surface area contributed by atoms with Crippen LogP contribution in [0.15, 0.2) is 35.3 Å². The van der Waals surface area contributed by atoms with Crippen LogP contribution in [0.5, 0.6) is 0 Å². The number of amides is 1. The van der Waals surface area contributed by atoms with Crippen molar-refractivity contribution in [2.45, 2.75) is 13.8 Å². The molecule has 0 atom stereocenters. The Morgan fingerprint density at radius 1 is 1.27 bits per heavy atom. The molecule has 0 bridgehead atoms. The number of carbonyl (C=O) groups is 1. The smallest absolute Gasteiger partial charge is 0.234 e. The maximum Gasteiger partial charge on any atom is 0.234 e. The zero-order valence-electron chi connectivity index (χ0n) is 9.18. The minimum atomic E-state index is 0.598. The van der Waals surface area contributed by atoms with Gasteiger partial charge in [0.15, 0.2) is 0 Å². The summed E-state index contributed by atoms with van der Waals surface area (Å²) in [5.41, 5.74) is 0.980. The zero-order chi connectivity index (χ0) is 11.1. The molecule has 0 aliphatic rings. The van der Waals surface area contributed by atoms with E-state index in [4.69, 9.17) is 0 Å². The monoisotopic (exact) mass is 204 g/mol. The first-order valence-electron chi connectivity index (χ1n) is 5.15. The van der Waals surface area contributed by atoms with E-state index in [9.17, 15) is 4.79 Å². The average molecular weight is 204 g/mol. The van der Waals surface area contributed by atoms with E-state index in [2.05, 4.69) is 9.89 Å². The normalized spacial score (nSPS) is 11.2. The van der Waals surface area contributed by atoms with Gasteiger partial charge >= 0.3 is 0 Å². The highest BCUT2D eigenvalue weighted by Crippen LogP contribution is 2.05. The van der Waals surface area contributed by atoms with Gasteiger partial charge in [0.25, 0.3) is 0 Å². The first-order valence-corrected chi connectivity index (χ1v) is 5.15. The molecule has 0 aliphatic heterocycles. The molecule has 15 heavy (non-hydrogen) atoms. The topological polar surface area (TPSA) is 32.7 Å². The molecule has 0 radical (unpaired) electrons. The summed E-state index contributed by atoms with van der Waals surface area (Å²) >= 11 is 0. The first-order chi connectivity index (χ1) is 7.33. The Balaban J connectivity index is 3.03. The van der Waals surface area contributed by atoms with Gasteiger partial charge in [-0.2, -0.15) is 4.99 Å². The maximum atomic E-state index is 10.5. The van der Waals surface area contributed by atoms with Crippen LogP contribution < -0.4 is 0 Å². The number of aliphatic imine (C=N–C) groups is 1. The summed E-state index contributed by atoms with van der Waals surface area (Å²) in [6.45, 7) is 5.79. The van der Waals surface area contributed by atoms with Crippen LogP contribution in [0.2, 0.25) is 0 Å². The summed E-state index contributed by atoms with van der Waals surface area (Å²) < 4.78 is 0. The molecule has 0 N–H and O–H groups in total. The van der Waals surface area contributed by atoms with Crippen LogP contribution in [0.3, 0.4) is 0 Å². The van der Waals surface area contributed by atoms with Crippen molar-refractivity contribution in [2.75, 3.05) is 13.1 Å². The molecule has 1 aromatic carbocycles. The van der Waals surface area contributed by atoms with E-state index in [-0.39, 0.29) is 0 Å². The third-order valence-corrected chi connectivity index (χ3v) is 2.27. The Morgan fingerprint density at radius 3 is 2.33 bits per heavy atom. The second-order valence-electron chi connectivity index (χ2n) is 3.10. The van der Waals surface area contributed by atoms with E-state index >= 15 is 0 Å². The molecular weight excluding hydrogens is 188 g/mol. The van der Waals surface area contributed by atoms with Gasteiger partial charge in [-0.05, 0) is 13.8 Å². The summed E-state index contributed by atoms with van der Waals surface area (Å²) in [5.74, 6) is 0.746. The van der Waals surface area contributed by atoms with Gasteiger partial charge in [0, 0.05) is 18.7 Å². The van der Waals surface area contributed by atoms with E-state index < -0.39 is 0 Å². The number of benzene rings is 1. The fraction of sp³-hybridized carbons (Fsp3) is 0.333. The standard InChI is InChI=1S/C12H16N2O/c1-3-14(4-2)12(13-10-15)11-8-6-5-7-9-11/h5-10H,3-4H2,1-2H3. The molecule has 0 saturated carbocycles. The van der Waals surface area contributed by atoms with Crippen molar-refractivity contribution in [3.05, 3.63) is 35.9 Å². The summed E-state index contributed by atoms with van der Waals surface area (Å²) in [7, 11) is 0. The van der Waals surface area contributed by atoms with Crippen molar-refractivity contribution in [3.63, 3.8) is 0 Å². The minimum absolute atomic E-state index is 0.598. The lowest BCUT2D eigenvalue weighted by atomic mass is 10.2. The van der Waals surface area contributed by atoms with E-state index in [1.807, 2.05) is 44.2 Å². The summed E-state index contributed by atoms with van der Waals surface area (Å²) in [4.78, 5) is 16.5. The van der Waals surface area contributed by atoms with Crippen molar-refractivity contribution >= 4 is 12.2 Å². The maximum absolute atomic E-state index is 10.5. The van der Waals surface area contributed by atoms with Crippen LogP contribution in [0.4, 0.5) is 0 Å². The molecule has 3 nitrogen and oxygen atoms in total. The molecule has 80 valence electrons. The molecule has 1 rings (SSSR count). The quantitative estimate of drug-likeness (QED) is 0.426. The lowest BCUT2D eigenvalue weighted by Gasteiger charge is -2.22. The zero-order valence-corrected chi connectivity index (χ0v) is 9.18. The molecule has 1 aromatic rings. The third-order valence-electron chi connectivity index (χ3n) is 2.27. The SMILES string of the molecule is CCN(CC)C(=NC=O)c1ccccc1. The van der Waals surface area contributed by atoms with Crippen LogP contribution in [0.1, 0.15) is 19.4 Å². The second-order valence-corrected chi connectivity index (χ2v) is 3.10. The number of hydrogen-bond donors (Lipinski definition) is 0. The lowest BCUT2D eigenvalue weighted by Crippen LogP contribution is -2.31. The van der Waals surface area contributed by atoms with Crippen molar-refractivity contribution in [1.82, 2.24) is 4.90 Å². The number of carbonyl (C=O) groups excluding carboxylic acids is 1. The Bertz CT molecular complexity index is 329. The lowest BCUT2D eigenvalue weighted by molar-refractivity contribution is -0.106. The van der Waals surface area contributed by atoms with Crippen LogP contribution in [0, 0.1) is 0 Å². The van der Waals surface area contributed by atoms with Crippen LogP contribution >= 0.6 is 0 Å². The van der Waals surface area contributed by atoms with Crippen LogP contribution in [0.25, 0.3) is 0 Å². The van der Waals surface area contributed by atoms with Crippen molar-refractivity contribution in [2.24, 2.45) is 4.99 Å². The summed E-state index contributed by atoms with van der Waals surface area (Å²) in [5, 5.41) is 0. The fourth-order valence-corrected chi connectivity index (χ4v) is 1.50. The van der Waals surface area contributed by atoms with Crippen molar-refractivity contribution in [1.29, 1.82) is 0 Å². The number of hydrogen-bond acceptors (Lipinski definition) is 1. The molecule has 0 spiro atoms. The number of amidine groups is 1. The molecule has 0 fully saturated rings. The third kappa shape index (κ3) is 2.91. The van der Waals surface area contributed by atoms with Gasteiger partial charge < -0.3 is 4.90 Å². The van der Waals surface area contributed by atoms with Gasteiger partial charge in [-0.25, -0.2) is 0 Å². The Labute approximate surface area is 90.4 Å². The molecule has 0 aromatic heterocycles. The molecule has 0 unspecified atom stereocenters. The Hall–Kier alpha value is -1.64. The van der Waals surface area contributed by atoms with Crippen LogP contribution in [-0.2, 0) is 4.79 Å². The van der Waals surface area contributed by atoms with Crippen molar-refractivity contribution < 1.29 is 4.79 Å². The van der Waals surface area contributed by atoms with E-state index in [0.29, 0.717) is 6.41 Å². The van der Waals surface area contributed by atoms with E-state index in [1.54, 1.807) is 0 Å². The molecule has 3 heteroatoms. The molecule has 0 aliphatic carbocycles. The van der Waals surface area contributed by atoms with Crippen molar-refractivity contribution in [3.8, 4) is 0 Å². The number of nitrogens with zero attached hydrogens (tertiary/aromatic N) is 2. The Morgan fingerprint density at radius 2 is 1.87 bits per heavy atom. The van der Waals surface area contributed by atoms with Gasteiger partial charge in [0.05, 0.1) is 0 Å². The highest BCUT2D eigenvalue weighted by atomic mass is 16.1. The second kappa shape index (κ2) is 5.96. The number of rotatable bonds is 4. The first kappa shape index (κ1) is 11.4. The average Bonchev–Trinajstić information content (AvgIpc) is 2.30. The largest absolute Gasteiger partial charge is 0.357 e. The van der Waals surface area contributed by atoms with Crippen LogP contribution in [-0.4, -0.2) is 30.2 Å². The molecular formula is C12H16N2O. The van der Waals surface area contributed by atoms with E-state index in [1.165, 1.54) is 0 Å². The Kier molecular flexibility index (Phi) is 4.54. The van der Waals surface area contributed by atoms with Gasteiger partial charge in [-0.15, -0.1) is 0 Å².